The maximum absolute atomic E-state index is 12.9. The van der Waals surface area contributed by atoms with Gasteiger partial charge in [-0.15, -0.1) is 0 Å². The van der Waals surface area contributed by atoms with Crippen LogP contribution in [0.2, 0.25) is 0 Å². The van der Waals surface area contributed by atoms with Crippen LogP contribution in [-0.2, 0) is 25.7 Å². The van der Waals surface area contributed by atoms with Crippen LogP contribution in [-0.4, -0.2) is 65.9 Å². The van der Waals surface area contributed by atoms with Crippen molar-refractivity contribution in [3.8, 4) is 5.75 Å². The monoisotopic (exact) mass is 470 g/mol. The molecule has 3 aliphatic rings. The first kappa shape index (κ1) is 24.0. The number of hydrogen-bond acceptors (Lipinski definition) is 7. The molecule has 1 unspecified atom stereocenters. The fourth-order valence-corrected chi connectivity index (χ4v) is 5.00. The number of carbonyl (C=O) groups is 3. The summed E-state index contributed by atoms with van der Waals surface area (Å²) in [5.74, 6) is 0.922. The smallest absolute Gasteiger partial charge is 0.325 e. The summed E-state index contributed by atoms with van der Waals surface area (Å²) in [6, 6.07) is 5.64. The van der Waals surface area contributed by atoms with Crippen LogP contribution in [0.4, 0.5) is 5.69 Å². The van der Waals surface area contributed by atoms with Gasteiger partial charge in [-0.1, -0.05) is 26.2 Å². The number of esters is 1. The number of amides is 2. The molecule has 2 amide bonds. The van der Waals surface area contributed by atoms with E-state index in [0.29, 0.717) is 32.0 Å². The summed E-state index contributed by atoms with van der Waals surface area (Å²) in [7, 11) is 1.35. The van der Waals surface area contributed by atoms with Crippen molar-refractivity contribution in [1.82, 2.24) is 15.1 Å². The Morgan fingerprint density at radius 3 is 2.76 bits per heavy atom. The lowest BCUT2D eigenvalue weighted by atomic mass is 9.94. The van der Waals surface area contributed by atoms with E-state index in [0.717, 1.165) is 49.1 Å². The molecular weight excluding hydrogens is 436 g/mol. The lowest BCUT2D eigenvalue weighted by Gasteiger charge is -2.33. The molecule has 184 valence electrons. The molecule has 34 heavy (non-hydrogen) atoms. The molecule has 0 aromatic heterocycles. The van der Waals surface area contributed by atoms with Gasteiger partial charge < -0.3 is 19.3 Å². The fourth-order valence-electron chi connectivity index (χ4n) is 5.00. The van der Waals surface area contributed by atoms with Gasteiger partial charge in [-0.05, 0) is 43.9 Å². The Labute approximate surface area is 200 Å². The van der Waals surface area contributed by atoms with E-state index in [-0.39, 0.29) is 36.4 Å². The third-order valence-electron chi connectivity index (χ3n) is 6.86. The molecule has 1 aromatic carbocycles. The first-order valence-corrected chi connectivity index (χ1v) is 12.3. The van der Waals surface area contributed by atoms with Crippen molar-refractivity contribution >= 4 is 29.4 Å². The fraction of sp³-hybridized carbons (Fsp3) is 0.600. The quantitative estimate of drug-likeness (QED) is 0.440. The molecular formula is C25H34N4O5. The number of hydrogen-bond donors (Lipinski definition) is 1. The molecule has 2 fully saturated rings. The zero-order chi connectivity index (χ0) is 24.1. The standard InChI is InChI=1S/C25H34N4O5/c1-3-21-24(32)27-25-26-20-12-11-19(14-17(20)15-29(21)25)34-13-7-10-22(30)28(16-23(31)33-2)18-8-5-4-6-9-18/h11-12,14,18,21H,3-10,13,15-16H2,1-2H3,(H,26,27,32). The molecule has 0 bridgehead atoms. The molecule has 1 aromatic rings. The highest BCUT2D eigenvalue weighted by Crippen LogP contribution is 2.32. The van der Waals surface area contributed by atoms with Crippen LogP contribution in [0.1, 0.15) is 63.9 Å². The van der Waals surface area contributed by atoms with E-state index in [4.69, 9.17) is 9.47 Å². The normalized spacial score (nSPS) is 19.6. The van der Waals surface area contributed by atoms with Gasteiger partial charge in [-0.25, -0.2) is 4.99 Å². The number of aliphatic imine (C=N–C) groups is 1. The average molecular weight is 471 g/mol. The van der Waals surface area contributed by atoms with Crippen LogP contribution in [0.5, 0.6) is 5.75 Å². The largest absolute Gasteiger partial charge is 0.494 e. The summed E-state index contributed by atoms with van der Waals surface area (Å²) in [6.45, 7) is 3.01. The van der Waals surface area contributed by atoms with Gasteiger partial charge in [0.1, 0.15) is 18.3 Å². The SMILES string of the molecule is CCC1C(=O)NC2=Nc3ccc(OCCCC(=O)N(CC(=O)OC)C4CCCCC4)cc3CN21. The van der Waals surface area contributed by atoms with Gasteiger partial charge >= 0.3 is 5.97 Å². The number of carbonyl (C=O) groups excluding carboxylic acids is 3. The van der Waals surface area contributed by atoms with Crippen molar-refractivity contribution in [2.24, 2.45) is 4.99 Å². The summed E-state index contributed by atoms with van der Waals surface area (Å²) in [5.41, 5.74) is 1.84. The lowest BCUT2D eigenvalue weighted by Crippen LogP contribution is -2.44. The third kappa shape index (κ3) is 5.34. The Bertz CT molecular complexity index is 957. The molecule has 1 aliphatic carbocycles. The van der Waals surface area contributed by atoms with Gasteiger partial charge in [0.15, 0.2) is 0 Å². The number of rotatable bonds is 9. The zero-order valence-electron chi connectivity index (χ0n) is 20.0. The van der Waals surface area contributed by atoms with Gasteiger partial charge in [0.05, 0.1) is 19.4 Å². The van der Waals surface area contributed by atoms with Crippen LogP contribution in [0, 0.1) is 0 Å². The minimum Gasteiger partial charge on any atom is -0.494 e. The summed E-state index contributed by atoms with van der Waals surface area (Å²) in [6.07, 6.45) is 6.84. The Hall–Kier alpha value is -3.10. The molecule has 1 atom stereocenters. The Morgan fingerprint density at radius 2 is 2.03 bits per heavy atom. The molecule has 9 nitrogen and oxygen atoms in total. The highest BCUT2D eigenvalue weighted by molar-refractivity contribution is 6.07. The predicted octanol–water partition coefficient (Wildman–Crippen LogP) is 2.89. The average Bonchev–Trinajstić information content (AvgIpc) is 3.17. The Kier molecular flexibility index (Phi) is 7.70. The van der Waals surface area contributed by atoms with Crippen molar-refractivity contribution in [3.63, 3.8) is 0 Å². The van der Waals surface area contributed by atoms with E-state index in [1.54, 1.807) is 4.90 Å². The molecule has 1 saturated carbocycles. The van der Waals surface area contributed by atoms with Crippen molar-refractivity contribution in [2.75, 3.05) is 20.3 Å². The number of fused-ring (bicyclic) bond motifs is 2. The van der Waals surface area contributed by atoms with E-state index in [1.807, 2.05) is 30.0 Å². The number of benzene rings is 1. The van der Waals surface area contributed by atoms with Crippen molar-refractivity contribution in [3.05, 3.63) is 23.8 Å². The molecule has 2 aliphatic heterocycles. The van der Waals surface area contributed by atoms with E-state index in [2.05, 4.69) is 10.3 Å². The molecule has 1 N–H and O–H groups in total. The van der Waals surface area contributed by atoms with Crippen LogP contribution >= 0.6 is 0 Å². The van der Waals surface area contributed by atoms with Gasteiger partial charge in [-0.2, -0.15) is 0 Å². The van der Waals surface area contributed by atoms with Crippen molar-refractivity contribution in [1.29, 1.82) is 0 Å². The maximum atomic E-state index is 12.9. The van der Waals surface area contributed by atoms with Gasteiger partial charge in [-0.3, -0.25) is 19.7 Å². The molecule has 1 saturated heterocycles. The number of methoxy groups -OCH3 is 1. The lowest BCUT2D eigenvalue weighted by molar-refractivity contribution is -0.149. The van der Waals surface area contributed by atoms with Gasteiger partial charge in [0.2, 0.25) is 17.8 Å². The van der Waals surface area contributed by atoms with Crippen molar-refractivity contribution < 1.29 is 23.9 Å². The molecule has 4 rings (SSSR count). The Morgan fingerprint density at radius 1 is 1.24 bits per heavy atom. The van der Waals surface area contributed by atoms with Gasteiger partial charge in [0, 0.05) is 24.6 Å². The molecule has 0 spiro atoms. The van der Waals surface area contributed by atoms with E-state index >= 15 is 0 Å². The third-order valence-corrected chi connectivity index (χ3v) is 6.86. The maximum Gasteiger partial charge on any atom is 0.325 e. The number of nitrogens with zero attached hydrogens (tertiary/aromatic N) is 3. The topological polar surface area (TPSA) is 101 Å². The van der Waals surface area contributed by atoms with E-state index in [1.165, 1.54) is 13.5 Å². The van der Waals surface area contributed by atoms with Gasteiger partial charge in [0.25, 0.3) is 0 Å². The van der Waals surface area contributed by atoms with Crippen LogP contribution in [0.15, 0.2) is 23.2 Å². The highest BCUT2D eigenvalue weighted by Gasteiger charge is 2.37. The predicted molar refractivity (Wildman–Crippen MR) is 127 cm³/mol. The number of guanidine groups is 1. The van der Waals surface area contributed by atoms with Crippen molar-refractivity contribution in [2.45, 2.75) is 76.9 Å². The first-order valence-electron chi connectivity index (χ1n) is 12.3. The van der Waals surface area contributed by atoms with Crippen LogP contribution in [0.25, 0.3) is 0 Å². The molecule has 9 heteroatoms. The minimum absolute atomic E-state index is 0.00957. The highest BCUT2D eigenvalue weighted by atomic mass is 16.5. The molecule has 2 heterocycles. The summed E-state index contributed by atoms with van der Waals surface area (Å²) in [4.78, 5) is 45.2. The molecule has 0 radical (unpaired) electrons. The zero-order valence-corrected chi connectivity index (χ0v) is 20.0. The van der Waals surface area contributed by atoms with Crippen LogP contribution in [0.3, 0.4) is 0 Å². The van der Waals surface area contributed by atoms with E-state index in [9.17, 15) is 14.4 Å². The second-order valence-electron chi connectivity index (χ2n) is 9.11. The van der Waals surface area contributed by atoms with E-state index < -0.39 is 0 Å². The summed E-state index contributed by atoms with van der Waals surface area (Å²) < 4.78 is 10.7. The summed E-state index contributed by atoms with van der Waals surface area (Å²) in [5, 5.41) is 2.85. The second-order valence-corrected chi connectivity index (χ2v) is 9.11. The Balaban J connectivity index is 1.30. The minimum atomic E-state index is -0.379. The number of nitrogens with one attached hydrogen (secondary N) is 1. The second kappa shape index (κ2) is 10.9. The van der Waals surface area contributed by atoms with Crippen LogP contribution < -0.4 is 10.1 Å². The summed E-state index contributed by atoms with van der Waals surface area (Å²) >= 11 is 0. The number of ether oxygens (including phenoxy) is 2. The first-order chi connectivity index (χ1) is 16.5.